The van der Waals surface area contributed by atoms with Gasteiger partial charge in [-0.3, -0.25) is 4.79 Å². The molecule has 0 fully saturated rings. The summed E-state index contributed by atoms with van der Waals surface area (Å²) >= 11 is 0. The average Bonchev–Trinajstić information content (AvgIpc) is 2.68. The van der Waals surface area contributed by atoms with E-state index in [0.29, 0.717) is 5.56 Å². The maximum atomic E-state index is 13.3. The highest BCUT2D eigenvalue weighted by Gasteiger charge is 2.37. The Morgan fingerprint density at radius 2 is 1.48 bits per heavy atom. The molecule has 0 aliphatic carbocycles. The van der Waals surface area contributed by atoms with Crippen molar-refractivity contribution in [2.75, 3.05) is 12.4 Å². The molecule has 0 amide bonds. The molecule has 3 heteroatoms. The number of Topliss-reactive ketones (excluding diaryl/α,β-unsaturated/α-hetero) is 1. The first-order chi connectivity index (χ1) is 12.3. The number of carbonyl (C=O) groups excluding carboxylic acids is 1. The van der Waals surface area contributed by atoms with E-state index in [0.717, 1.165) is 22.6 Å². The average molecular weight is 329 g/mol. The van der Waals surface area contributed by atoms with Gasteiger partial charge in [-0.15, -0.1) is 0 Å². The zero-order valence-electron chi connectivity index (χ0n) is 14.0. The van der Waals surface area contributed by atoms with Crippen LogP contribution in [0.1, 0.15) is 33.4 Å². The first kappa shape index (κ1) is 15.5. The molecule has 2 unspecified atom stereocenters. The Labute approximate surface area is 147 Å². The van der Waals surface area contributed by atoms with Crippen molar-refractivity contribution in [2.24, 2.45) is 0 Å². The van der Waals surface area contributed by atoms with Crippen LogP contribution in [0.5, 0.6) is 5.75 Å². The van der Waals surface area contributed by atoms with E-state index in [2.05, 4.69) is 17.4 Å². The lowest BCUT2D eigenvalue weighted by molar-refractivity contribution is 0.0945. The summed E-state index contributed by atoms with van der Waals surface area (Å²) in [7, 11) is 1.63. The Kier molecular flexibility index (Phi) is 3.98. The van der Waals surface area contributed by atoms with Gasteiger partial charge in [-0.1, -0.05) is 60.7 Å². The number of ketones is 1. The summed E-state index contributed by atoms with van der Waals surface area (Å²) in [5.41, 5.74) is 3.65. The van der Waals surface area contributed by atoms with Crippen LogP contribution in [0.4, 0.5) is 5.69 Å². The number of hydrogen-bond acceptors (Lipinski definition) is 3. The van der Waals surface area contributed by atoms with Gasteiger partial charge in [0.15, 0.2) is 5.78 Å². The van der Waals surface area contributed by atoms with Gasteiger partial charge in [0, 0.05) is 17.3 Å². The Morgan fingerprint density at radius 3 is 2.12 bits per heavy atom. The molecule has 3 aromatic rings. The molecule has 2 atom stereocenters. The van der Waals surface area contributed by atoms with Gasteiger partial charge in [-0.2, -0.15) is 0 Å². The normalized spacial score (nSPS) is 19.0. The molecule has 0 saturated heterocycles. The summed E-state index contributed by atoms with van der Waals surface area (Å²) in [6, 6.07) is 25.6. The number of ether oxygens (including phenoxy) is 1. The summed E-state index contributed by atoms with van der Waals surface area (Å²) in [5.74, 6) is 0.616. The molecule has 124 valence electrons. The summed E-state index contributed by atoms with van der Waals surface area (Å²) in [4.78, 5) is 13.3. The molecule has 25 heavy (non-hydrogen) atoms. The molecule has 1 N–H and O–H groups in total. The zero-order valence-corrected chi connectivity index (χ0v) is 14.0. The van der Waals surface area contributed by atoms with E-state index in [1.54, 1.807) is 7.11 Å². The third kappa shape index (κ3) is 2.78. The van der Waals surface area contributed by atoms with Crippen molar-refractivity contribution in [3.05, 3.63) is 95.6 Å². The van der Waals surface area contributed by atoms with Crippen LogP contribution in [0.15, 0.2) is 78.9 Å². The highest BCUT2D eigenvalue weighted by molar-refractivity contribution is 6.08. The maximum absolute atomic E-state index is 13.3. The maximum Gasteiger partial charge on any atom is 0.174 e. The lowest BCUT2D eigenvalue weighted by atomic mass is 9.78. The quantitative estimate of drug-likeness (QED) is 0.748. The number of rotatable bonds is 3. The topological polar surface area (TPSA) is 38.3 Å². The second-order valence-electron chi connectivity index (χ2n) is 6.20. The molecule has 0 spiro atoms. The van der Waals surface area contributed by atoms with Gasteiger partial charge >= 0.3 is 0 Å². The first-order valence-corrected chi connectivity index (χ1v) is 8.36. The summed E-state index contributed by atoms with van der Waals surface area (Å²) in [6.45, 7) is 0. The van der Waals surface area contributed by atoms with Crippen LogP contribution < -0.4 is 10.1 Å². The lowest BCUT2D eigenvalue weighted by Gasteiger charge is -2.34. The van der Waals surface area contributed by atoms with Crippen molar-refractivity contribution < 1.29 is 9.53 Å². The van der Waals surface area contributed by atoms with Gasteiger partial charge in [-0.25, -0.2) is 0 Å². The molecule has 0 saturated carbocycles. The molecule has 4 rings (SSSR count). The van der Waals surface area contributed by atoms with Crippen molar-refractivity contribution in [1.82, 2.24) is 0 Å². The highest BCUT2D eigenvalue weighted by atomic mass is 16.5. The number of anilines is 1. The highest BCUT2D eigenvalue weighted by Crippen LogP contribution is 2.43. The fourth-order valence-corrected chi connectivity index (χ4v) is 3.49. The van der Waals surface area contributed by atoms with Gasteiger partial charge in [0.2, 0.25) is 0 Å². The minimum absolute atomic E-state index is 0.115. The van der Waals surface area contributed by atoms with Crippen LogP contribution in [0.3, 0.4) is 0 Å². The Morgan fingerprint density at radius 1 is 0.840 bits per heavy atom. The molecule has 1 heterocycles. The van der Waals surface area contributed by atoms with Crippen LogP contribution >= 0.6 is 0 Å². The van der Waals surface area contributed by atoms with Crippen molar-refractivity contribution in [1.29, 1.82) is 0 Å². The Hall–Kier alpha value is -3.07. The van der Waals surface area contributed by atoms with E-state index in [1.807, 2.05) is 66.7 Å². The summed E-state index contributed by atoms with van der Waals surface area (Å²) in [5, 5.41) is 3.57. The van der Waals surface area contributed by atoms with Crippen LogP contribution in [0.2, 0.25) is 0 Å². The molecule has 1 aliphatic heterocycles. The van der Waals surface area contributed by atoms with Crippen LogP contribution in [-0.4, -0.2) is 12.9 Å². The van der Waals surface area contributed by atoms with E-state index in [-0.39, 0.29) is 17.7 Å². The van der Waals surface area contributed by atoms with Gasteiger partial charge in [0.25, 0.3) is 0 Å². The van der Waals surface area contributed by atoms with Gasteiger partial charge < -0.3 is 10.1 Å². The van der Waals surface area contributed by atoms with E-state index < -0.39 is 0 Å². The SMILES string of the molecule is COc1ccc2c(c1)NC(c1ccccc1)C(c1ccccc1)C2=O. The number of nitrogens with one attached hydrogen (secondary N) is 1. The third-order valence-electron chi connectivity index (χ3n) is 4.74. The van der Waals surface area contributed by atoms with Crippen LogP contribution in [0.25, 0.3) is 0 Å². The number of carbonyl (C=O) groups is 1. The predicted octanol–water partition coefficient (Wildman–Crippen LogP) is 4.83. The van der Waals surface area contributed by atoms with Crippen molar-refractivity contribution in [2.45, 2.75) is 12.0 Å². The van der Waals surface area contributed by atoms with Gasteiger partial charge in [-0.05, 0) is 23.3 Å². The van der Waals surface area contributed by atoms with Crippen LogP contribution in [-0.2, 0) is 0 Å². The fraction of sp³-hybridized carbons (Fsp3) is 0.136. The third-order valence-corrected chi connectivity index (χ3v) is 4.74. The molecule has 1 aliphatic rings. The van der Waals surface area contributed by atoms with Crippen molar-refractivity contribution >= 4 is 11.5 Å². The fourth-order valence-electron chi connectivity index (χ4n) is 3.49. The van der Waals surface area contributed by atoms with E-state index >= 15 is 0 Å². The second kappa shape index (κ2) is 6.44. The van der Waals surface area contributed by atoms with Crippen LogP contribution in [0, 0.1) is 0 Å². The lowest BCUT2D eigenvalue weighted by Crippen LogP contribution is -2.31. The standard InChI is InChI=1S/C22H19NO2/c1-25-17-12-13-18-19(14-17)23-21(16-10-6-3-7-11-16)20(22(18)24)15-8-4-2-5-9-15/h2-14,20-21,23H,1H3. The molecule has 0 aromatic heterocycles. The van der Waals surface area contributed by atoms with Crippen molar-refractivity contribution in [3.8, 4) is 5.75 Å². The smallest absolute Gasteiger partial charge is 0.174 e. The largest absolute Gasteiger partial charge is 0.497 e. The van der Waals surface area contributed by atoms with Crippen molar-refractivity contribution in [3.63, 3.8) is 0 Å². The van der Waals surface area contributed by atoms with Gasteiger partial charge in [0.1, 0.15) is 5.75 Å². The van der Waals surface area contributed by atoms with E-state index in [9.17, 15) is 4.79 Å². The Bertz CT molecular complexity index is 890. The summed E-state index contributed by atoms with van der Waals surface area (Å²) < 4.78 is 5.32. The number of methoxy groups -OCH3 is 1. The molecule has 0 radical (unpaired) electrons. The number of benzene rings is 3. The molecule has 3 aromatic carbocycles. The first-order valence-electron chi connectivity index (χ1n) is 8.36. The van der Waals surface area contributed by atoms with E-state index in [1.165, 1.54) is 0 Å². The Balaban J connectivity index is 1.86. The molecular formula is C22H19NO2. The molecule has 0 bridgehead atoms. The minimum Gasteiger partial charge on any atom is -0.497 e. The monoisotopic (exact) mass is 329 g/mol. The summed E-state index contributed by atoms with van der Waals surface area (Å²) in [6.07, 6.45) is 0. The predicted molar refractivity (Wildman–Crippen MR) is 99.3 cm³/mol. The number of hydrogen-bond donors (Lipinski definition) is 1. The second-order valence-corrected chi connectivity index (χ2v) is 6.20. The number of fused-ring (bicyclic) bond motifs is 1. The van der Waals surface area contributed by atoms with Gasteiger partial charge in [0.05, 0.1) is 19.1 Å². The molecular weight excluding hydrogens is 310 g/mol. The van der Waals surface area contributed by atoms with E-state index in [4.69, 9.17) is 4.74 Å². The zero-order chi connectivity index (χ0) is 17.2. The molecule has 3 nitrogen and oxygen atoms in total. The minimum atomic E-state index is -0.260.